The average molecular weight is 424 g/mol. The van der Waals surface area contributed by atoms with Crippen molar-refractivity contribution in [3.8, 4) is 0 Å². The first-order valence-electron chi connectivity index (χ1n) is 13.8. The van der Waals surface area contributed by atoms with Gasteiger partial charge in [0.2, 0.25) is 0 Å². The summed E-state index contributed by atoms with van der Waals surface area (Å²) in [6, 6.07) is 0. The SMILES string of the molecule is CCCCCCCCCCCCCCCCCCOC(=O)[C](CCCC)CCCC. The number of esters is 1. The molecule has 0 spiro atoms. The summed E-state index contributed by atoms with van der Waals surface area (Å²) in [6.45, 7) is 7.26. The second-order valence-corrected chi connectivity index (χ2v) is 9.25. The molecule has 2 heteroatoms. The number of unbranched alkanes of at least 4 members (excludes halogenated alkanes) is 17. The Labute approximate surface area is 190 Å². The molecule has 0 fully saturated rings. The predicted octanol–water partition coefficient (Wildman–Crippen LogP) is 9.75. The van der Waals surface area contributed by atoms with Crippen LogP contribution < -0.4 is 0 Å². The Morgan fingerprint density at radius 2 is 0.800 bits per heavy atom. The molecule has 0 rings (SSSR count). The van der Waals surface area contributed by atoms with Gasteiger partial charge < -0.3 is 4.74 Å². The molecule has 0 aromatic carbocycles. The molecule has 0 unspecified atom stereocenters. The second kappa shape index (κ2) is 24.7. The molecule has 0 saturated carbocycles. The molecule has 0 saturated heterocycles. The second-order valence-electron chi connectivity index (χ2n) is 9.25. The Kier molecular flexibility index (Phi) is 24.3. The van der Waals surface area contributed by atoms with Gasteiger partial charge in [-0.3, -0.25) is 4.79 Å². The molecule has 0 amide bonds. The average Bonchev–Trinajstić information content (AvgIpc) is 2.75. The number of carbonyl (C=O) groups excluding carboxylic acids is 1. The smallest absolute Gasteiger partial charge is 0.313 e. The number of ether oxygens (including phenoxy) is 1. The lowest BCUT2D eigenvalue weighted by atomic mass is 9.96. The number of hydrogen-bond acceptors (Lipinski definition) is 2. The van der Waals surface area contributed by atoms with Crippen molar-refractivity contribution >= 4 is 5.97 Å². The van der Waals surface area contributed by atoms with Crippen molar-refractivity contribution in [1.82, 2.24) is 0 Å². The van der Waals surface area contributed by atoms with Gasteiger partial charge in [-0.25, -0.2) is 0 Å². The highest BCUT2D eigenvalue weighted by molar-refractivity contribution is 5.84. The summed E-state index contributed by atoms with van der Waals surface area (Å²) in [4.78, 5) is 12.3. The Balaban J connectivity index is 3.37. The monoisotopic (exact) mass is 423 g/mol. The van der Waals surface area contributed by atoms with Crippen molar-refractivity contribution < 1.29 is 9.53 Å². The van der Waals surface area contributed by atoms with Crippen molar-refractivity contribution in [2.45, 2.75) is 162 Å². The highest BCUT2D eigenvalue weighted by atomic mass is 16.5. The summed E-state index contributed by atoms with van der Waals surface area (Å²) < 4.78 is 5.54. The van der Waals surface area contributed by atoms with Crippen LogP contribution in [0.4, 0.5) is 0 Å². The highest BCUT2D eigenvalue weighted by Crippen LogP contribution is 2.20. The lowest BCUT2D eigenvalue weighted by Gasteiger charge is -2.14. The highest BCUT2D eigenvalue weighted by Gasteiger charge is 2.19. The molecular formula is C28H55O2. The summed E-state index contributed by atoms with van der Waals surface area (Å²) in [7, 11) is 0. The van der Waals surface area contributed by atoms with E-state index in [0.29, 0.717) is 6.61 Å². The molecule has 0 N–H and O–H groups in total. The van der Waals surface area contributed by atoms with Crippen LogP contribution in [0, 0.1) is 5.92 Å². The van der Waals surface area contributed by atoms with Crippen LogP contribution in [0.25, 0.3) is 0 Å². The fourth-order valence-corrected chi connectivity index (χ4v) is 4.03. The Bertz CT molecular complexity index is 332. The molecule has 0 atom stereocenters. The largest absolute Gasteiger partial charge is 0.465 e. The summed E-state index contributed by atoms with van der Waals surface area (Å²) in [5.41, 5.74) is 0. The normalized spacial score (nSPS) is 11.3. The summed E-state index contributed by atoms with van der Waals surface area (Å²) in [6.07, 6.45) is 28.3. The standard InChI is InChI=1S/C28H55O2/c1-4-7-10-11-12-13-14-15-16-17-18-19-20-21-22-23-26-30-28(29)27(24-8-5-2)25-9-6-3/h4-26H2,1-3H3. The Morgan fingerprint density at radius 3 is 1.17 bits per heavy atom. The van der Waals surface area contributed by atoms with Crippen LogP contribution in [0.3, 0.4) is 0 Å². The van der Waals surface area contributed by atoms with E-state index in [-0.39, 0.29) is 5.97 Å². The number of carbonyl (C=O) groups is 1. The van der Waals surface area contributed by atoms with Gasteiger partial charge in [0.05, 0.1) is 12.5 Å². The zero-order valence-corrected chi connectivity index (χ0v) is 21.1. The van der Waals surface area contributed by atoms with E-state index in [1.165, 1.54) is 96.3 Å². The number of rotatable bonds is 24. The first-order valence-corrected chi connectivity index (χ1v) is 13.8. The minimum Gasteiger partial charge on any atom is -0.465 e. The lowest BCUT2D eigenvalue weighted by Crippen LogP contribution is -2.16. The zero-order valence-electron chi connectivity index (χ0n) is 21.1. The third kappa shape index (κ3) is 20.7. The molecule has 0 aromatic rings. The molecule has 30 heavy (non-hydrogen) atoms. The van der Waals surface area contributed by atoms with E-state index in [4.69, 9.17) is 4.74 Å². The molecule has 0 aliphatic heterocycles. The van der Waals surface area contributed by atoms with E-state index >= 15 is 0 Å². The van der Waals surface area contributed by atoms with Crippen molar-refractivity contribution in [2.75, 3.05) is 6.61 Å². The van der Waals surface area contributed by atoms with Crippen LogP contribution >= 0.6 is 0 Å². The van der Waals surface area contributed by atoms with Gasteiger partial charge in [0, 0.05) is 0 Å². The topological polar surface area (TPSA) is 26.3 Å². The van der Waals surface area contributed by atoms with Crippen LogP contribution in [-0.2, 0) is 9.53 Å². The van der Waals surface area contributed by atoms with E-state index in [1.807, 2.05) is 0 Å². The van der Waals surface area contributed by atoms with Gasteiger partial charge in [-0.15, -0.1) is 0 Å². The minimum absolute atomic E-state index is 0.0159. The van der Waals surface area contributed by atoms with Crippen LogP contribution in [-0.4, -0.2) is 12.6 Å². The van der Waals surface area contributed by atoms with E-state index in [9.17, 15) is 4.79 Å². The Hall–Kier alpha value is -0.530. The predicted molar refractivity (Wildman–Crippen MR) is 133 cm³/mol. The van der Waals surface area contributed by atoms with Crippen LogP contribution in [0.1, 0.15) is 162 Å². The maximum absolute atomic E-state index is 12.3. The van der Waals surface area contributed by atoms with Crippen LogP contribution in [0.5, 0.6) is 0 Å². The fourth-order valence-electron chi connectivity index (χ4n) is 4.03. The van der Waals surface area contributed by atoms with Crippen molar-refractivity contribution in [3.63, 3.8) is 0 Å². The van der Waals surface area contributed by atoms with Crippen LogP contribution in [0.15, 0.2) is 0 Å². The van der Waals surface area contributed by atoms with Crippen LogP contribution in [0.2, 0.25) is 0 Å². The van der Waals surface area contributed by atoms with Crippen molar-refractivity contribution in [1.29, 1.82) is 0 Å². The van der Waals surface area contributed by atoms with E-state index in [2.05, 4.69) is 20.8 Å². The van der Waals surface area contributed by atoms with Gasteiger partial charge in [-0.1, -0.05) is 143 Å². The van der Waals surface area contributed by atoms with Gasteiger partial charge in [0.15, 0.2) is 0 Å². The van der Waals surface area contributed by atoms with Gasteiger partial charge >= 0.3 is 5.97 Å². The summed E-state index contributed by atoms with van der Waals surface area (Å²) in [5.74, 6) is 1.01. The van der Waals surface area contributed by atoms with Gasteiger partial charge in [0.25, 0.3) is 0 Å². The van der Waals surface area contributed by atoms with Gasteiger partial charge in [0.1, 0.15) is 0 Å². The first-order chi connectivity index (χ1) is 14.8. The molecule has 179 valence electrons. The fraction of sp³-hybridized carbons (Fsp3) is 0.929. The molecule has 2 nitrogen and oxygen atoms in total. The third-order valence-corrected chi connectivity index (χ3v) is 6.18. The first kappa shape index (κ1) is 29.5. The lowest BCUT2D eigenvalue weighted by molar-refractivity contribution is -0.142. The van der Waals surface area contributed by atoms with E-state index in [1.54, 1.807) is 0 Å². The summed E-state index contributed by atoms with van der Waals surface area (Å²) >= 11 is 0. The molecular weight excluding hydrogens is 368 g/mol. The Morgan fingerprint density at radius 1 is 0.467 bits per heavy atom. The minimum atomic E-state index is -0.0159. The molecule has 0 aliphatic carbocycles. The van der Waals surface area contributed by atoms with E-state index < -0.39 is 0 Å². The zero-order chi connectivity index (χ0) is 22.1. The molecule has 0 aromatic heterocycles. The maximum atomic E-state index is 12.3. The number of hydrogen-bond donors (Lipinski definition) is 0. The molecule has 0 bridgehead atoms. The molecule has 1 radical (unpaired) electrons. The van der Waals surface area contributed by atoms with Crippen molar-refractivity contribution in [2.24, 2.45) is 0 Å². The summed E-state index contributed by atoms with van der Waals surface area (Å²) in [5, 5.41) is 0. The molecule has 0 heterocycles. The van der Waals surface area contributed by atoms with Gasteiger partial charge in [-0.05, 0) is 19.3 Å². The maximum Gasteiger partial charge on any atom is 0.313 e. The molecule has 0 aliphatic rings. The third-order valence-electron chi connectivity index (χ3n) is 6.18. The quantitative estimate of drug-likeness (QED) is 0.114. The van der Waals surface area contributed by atoms with Crippen molar-refractivity contribution in [3.05, 3.63) is 5.92 Å². The van der Waals surface area contributed by atoms with E-state index in [0.717, 1.165) is 50.9 Å². The van der Waals surface area contributed by atoms with Gasteiger partial charge in [-0.2, -0.15) is 0 Å².